The number of ether oxygens (including phenoxy) is 1. The summed E-state index contributed by atoms with van der Waals surface area (Å²) in [5, 5.41) is 0. The Morgan fingerprint density at radius 3 is 1.79 bits per heavy atom. The number of carbonyl (C=O) groups excluding carboxylic acids is 2. The second kappa shape index (κ2) is 3.43. The summed E-state index contributed by atoms with van der Waals surface area (Å²) in [6.45, 7) is 0. The number of hydrogen-bond acceptors (Lipinski definition) is 3. The molecular formula is C8HBr3O3. The molecule has 0 atom stereocenters. The highest BCUT2D eigenvalue weighted by atomic mass is 79.9. The van der Waals surface area contributed by atoms with Crippen LogP contribution in [0.5, 0.6) is 0 Å². The Kier molecular flexibility index (Phi) is 2.53. The summed E-state index contributed by atoms with van der Waals surface area (Å²) in [4.78, 5) is 22.6. The predicted octanol–water partition coefficient (Wildman–Crippen LogP) is 3.28. The third-order valence-electron chi connectivity index (χ3n) is 1.76. The van der Waals surface area contributed by atoms with E-state index in [-0.39, 0.29) is 0 Å². The summed E-state index contributed by atoms with van der Waals surface area (Å²) >= 11 is 9.62. The zero-order valence-corrected chi connectivity index (χ0v) is 11.2. The van der Waals surface area contributed by atoms with Crippen LogP contribution in [-0.2, 0) is 4.74 Å². The largest absolute Gasteiger partial charge is 0.386 e. The van der Waals surface area contributed by atoms with Crippen LogP contribution in [0.4, 0.5) is 0 Å². The minimum Gasteiger partial charge on any atom is -0.386 e. The molecule has 0 amide bonds. The van der Waals surface area contributed by atoms with Crippen molar-refractivity contribution in [2.75, 3.05) is 0 Å². The van der Waals surface area contributed by atoms with Crippen molar-refractivity contribution >= 4 is 59.7 Å². The molecular weight excluding hydrogens is 384 g/mol. The maximum Gasteiger partial charge on any atom is 0.348 e. The first-order valence-corrected chi connectivity index (χ1v) is 5.84. The number of fused-ring (bicyclic) bond motifs is 2. The van der Waals surface area contributed by atoms with Gasteiger partial charge >= 0.3 is 11.9 Å². The van der Waals surface area contributed by atoms with Crippen LogP contribution in [0, 0.1) is 0 Å². The Bertz CT molecular complexity index is 429. The molecule has 1 aromatic carbocycles. The molecule has 1 aliphatic heterocycles. The number of esters is 2. The Balaban J connectivity index is 2.87. The standard InChI is InChI=1S/C8HBr3O3/c9-2-1-3(10)5-6(11)4(2)7(12)14-8(5)13/h1H. The zero-order chi connectivity index (χ0) is 10.5. The van der Waals surface area contributed by atoms with E-state index in [1.165, 1.54) is 0 Å². The monoisotopic (exact) mass is 382 g/mol. The Morgan fingerprint density at radius 2 is 1.36 bits per heavy atom. The van der Waals surface area contributed by atoms with Crippen molar-refractivity contribution in [3.63, 3.8) is 0 Å². The molecule has 2 rings (SSSR count). The lowest BCUT2D eigenvalue weighted by atomic mass is 10.1. The summed E-state index contributed by atoms with van der Waals surface area (Å²) in [6, 6.07) is 1.65. The van der Waals surface area contributed by atoms with Crippen molar-refractivity contribution < 1.29 is 14.3 Å². The molecule has 0 spiro atoms. The topological polar surface area (TPSA) is 43.4 Å². The van der Waals surface area contributed by atoms with Crippen LogP contribution in [0.25, 0.3) is 0 Å². The fourth-order valence-electron chi connectivity index (χ4n) is 1.15. The van der Waals surface area contributed by atoms with Gasteiger partial charge in [0.25, 0.3) is 0 Å². The third kappa shape index (κ3) is 1.36. The quantitative estimate of drug-likeness (QED) is 0.509. The zero-order valence-electron chi connectivity index (χ0n) is 6.44. The minimum absolute atomic E-state index is 0.336. The molecule has 0 saturated carbocycles. The Hall–Kier alpha value is -0.200. The third-order valence-corrected chi connectivity index (χ3v) is 3.81. The van der Waals surface area contributed by atoms with Gasteiger partial charge in [-0.2, -0.15) is 0 Å². The van der Waals surface area contributed by atoms with E-state index < -0.39 is 11.9 Å². The lowest BCUT2D eigenvalue weighted by Gasteiger charge is -2.16. The van der Waals surface area contributed by atoms with Crippen molar-refractivity contribution in [3.8, 4) is 0 Å². The first-order chi connectivity index (χ1) is 6.52. The van der Waals surface area contributed by atoms with E-state index in [2.05, 4.69) is 52.5 Å². The number of carbonyl (C=O) groups is 2. The van der Waals surface area contributed by atoms with E-state index >= 15 is 0 Å². The number of benzene rings is 1. The van der Waals surface area contributed by atoms with Gasteiger partial charge in [-0.3, -0.25) is 0 Å². The van der Waals surface area contributed by atoms with Crippen LogP contribution in [0.15, 0.2) is 19.5 Å². The molecule has 2 bridgehead atoms. The number of hydrogen-bond donors (Lipinski definition) is 0. The maximum absolute atomic E-state index is 11.3. The first-order valence-electron chi connectivity index (χ1n) is 3.46. The summed E-state index contributed by atoms with van der Waals surface area (Å²) in [6.07, 6.45) is 0. The molecule has 3 nitrogen and oxygen atoms in total. The van der Waals surface area contributed by atoms with Crippen LogP contribution >= 0.6 is 47.8 Å². The molecule has 14 heavy (non-hydrogen) atoms. The van der Waals surface area contributed by atoms with E-state index in [1.54, 1.807) is 6.07 Å². The van der Waals surface area contributed by atoms with Crippen molar-refractivity contribution in [2.45, 2.75) is 0 Å². The molecule has 0 radical (unpaired) electrons. The lowest BCUT2D eigenvalue weighted by Crippen LogP contribution is -2.21. The van der Waals surface area contributed by atoms with Crippen LogP contribution in [0.1, 0.15) is 20.7 Å². The molecule has 0 N–H and O–H groups in total. The van der Waals surface area contributed by atoms with Crippen molar-refractivity contribution in [3.05, 3.63) is 30.6 Å². The molecule has 6 heteroatoms. The second-order valence-corrected chi connectivity index (χ2v) is 5.08. The van der Waals surface area contributed by atoms with Gasteiger partial charge in [-0.25, -0.2) is 9.59 Å². The van der Waals surface area contributed by atoms with Gasteiger partial charge in [0.15, 0.2) is 0 Å². The summed E-state index contributed by atoms with van der Waals surface area (Å²) < 4.78 is 6.16. The van der Waals surface area contributed by atoms with Gasteiger partial charge in [0.1, 0.15) is 0 Å². The van der Waals surface area contributed by atoms with E-state index in [4.69, 9.17) is 0 Å². The molecule has 0 saturated heterocycles. The van der Waals surface area contributed by atoms with E-state index in [9.17, 15) is 9.59 Å². The average Bonchev–Trinajstić information content (AvgIpc) is 1.99. The van der Waals surface area contributed by atoms with E-state index in [0.717, 1.165) is 0 Å². The fourth-order valence-corrected chi connectivity index (χ4v) is 3.92. The van der Waals surface area contributed by atoms with Crippen LogP contribution < -0.4 is 0 Å². The van der Waals surface area contributed by atoms with Gasteiger partial charge in [0, 0.05) is 13.4 Å². The van der Waals surface area contributed by atoms with Gasteiger partial charge in [-0.15, -0.1) is 0 Å². The molecule has 1 aromatic rings. The Labute approximate surface area is 104 Å². The van der Waals surface area contributed by atoms with E-state index in [1.807, 2.05) is 0 Å². The molecule has 0 unspecified atom stereocenters. The Morgan fingerprint density at radius 1 is 0.929 bits per heavy atom. The van der Waals surface area contributed by atoms with Crippen molar-refractivity contribution in [1.82, 2.24) is 0 Å². The molecule has 1 aliphatic rings. The lowest BCUT2D eigenvalue weighted by molar-refractivity contribution is 0.0380. The SMILES string of the molecule is O=C1OC(=O)c2c(Br)cc(Br)c1c2Br. The number of cyclic esters (lactones) is 2. The molecule has 0 aliphatic carbocycles. The summed E-state index contributed by atoms with van der Waals surface area (Å²) in [7, 11) is 0. The normalized spacial score (nSPS) is 14.2. The smallest absolute Gasteiger partial charge is 0.348 e. The highest BCUT2D eigenvalue weighted by Gasteiger charge is 2.32. The van der Waals surface area contributed by atoms with Crippen LogP contribution in [-0.4, -0.2) is 11.9 Å². The molecule has 0 fully saturated rings. The fraction of sp³-hybridized carbons (Fsp3) is 0. The number of halogens is 3. The summed E-state index contributed by atoms with van der Waals surface area (Å²) in [5.41, 5.74) is 0.672. The van der Waals surface area contributed by atoms with Gasteiger partial charge in [-0.05, 0) is 53.9 Å². The molecule has 1 heterocycles. The predicted molar refractivity (Wildman–Crippen MR) is 59.3 cm³/mol. The second-order valence-electron chi connectivity index (χ2n) is 2.58. The first kappa shape index (κ1) is 10.3. The number of rotatable bonds is 0. The van der Waals surface area contributed by atoms with Gasteiger partial charge in [0.2, 0.25) is 0 Å². The maximum atomic E-state index is 11.3. The van der Waals surface area contributed by atoms with Crippen LogP contribution in [0.3, 0.4) is 0 Å². The van der Waals surface area contributed by atoms with Gasteiger partial charge in [0.05, 0.1) is 11.1 Å². The highest BCUT2D eigenvalue weighted by molar-refractivity contribution is 9.11. The van der Waals surface area contributed by atoms with Gasteiger partial charge in [-0.1, -0.05) is 0 Å². The molecule has 0 aromatic heterocycles. The van der Waals surface area contributed by atoms with Crippen LogP contribution in [0.2, 0.25) is 0 Å². The van der Waals surface area contributed by atoms with E-state index in [0.29, 0.717) is 24.5 Å². The average molecular weight is 385 g/mol. The summed E-state index contributed by atoms with van der Waals surface area (Å²) in [5.74, 6) is -1.29. The highest BCUT2D eigenvalue weighted by Crippen LogP contribution is 2.38. The van der Waals surface area contributed by atoms with Crippen molar-refractivity contribution in [1.29, 1.82) is 0 Å². The molecule has 72 valence electrons. The minimum atomic E-state index is -0.645. The van der Waals surface area contributed by atoms with Gasteiger partial charge < -0.3 is 4.74 Å². The van der Waals surface area contributed by atoms with Crippen molar-refractivity contribution in [2.24, 2.45) is 0 Å².